The third-order valence-electron chi connectivity index (χ3n) is 2.90. The number of amides is 2. The van der Waals surface area contributed by atoms with Crippen LogP contribution in [0.4, 0.5) is 4.79 Å². The topological polar surface area (TPSA) is 155 Å². The van der Waals surface area contributed by atoms with Crippen LogP contribution in [0.1, 0.15) is 6.42 Å². The van der Waals surface area contributed by atoms with Gasteiger partial charge >= 0.3 is 13.9 Å². The first-order valence-corrected chi connectivity index (χ1v) is 7.35. The van der Waals surface area contributed by atoms with Crippen molar-refractivity contribution in [3.8, 4) is 0 Å². The first-order valence-electron chi connectivity index (χ1n) is 5.82. The minimum atomic E-state index is -4.63. The van der Waals surface area contributed by atoms with Gasteiger partial charge in [-0.05, 0) is 6.08 Å². The second-order valence-corrected chi connectivity index (χ2v) is 5.68. The molecule has 2 amide bonds. The molecule has 2 heterocycles. The predicted molar refractivity (Wildman–Crippen MR) is 64.8 cm³/mol. The van der Waals surface area contributed by atoms with Gasteiger partial charge in [0.1, 0.15) is 12.3 Å². The molecular weight excluding hydrogens is 293 g/mol. The summed E-state index contributed by atoms with van der Waals surface area (Å²) >= 11 is 0. The minimum Gasteiger partial charge on any atom is -0.390 e. The van der Waals surface area contributed by atoms with Crippen molar-refractivity contribution >= 4 is 13.9 Å². The van der Waals surface area contributed by atoms with E-state index in [2.05, 4.69) is 9.84 Å². The number of nitrogens with zero attached hydrogens (tertiary/aromatic N) is 1. The van der Waals surface area contributed by atoms with Crippen LogP contribution in [0.3, 0.4) is 0 Å². The Balaban J connectivity index is 1.95. The summed E-state index contributed by atoms with van der Waals surface area (Å²) in [4.78, 5) is 30.1. The molecule has 10 nitrogen and oxygen atoms in total. The zero-order valence-corrected chi connectivity index (χ0v) is 11.2. The summed E-state index contributed by atoms with van der Waals surface area (Å²) in [5.74, 6) is 0. The van der Waals surface area contributed by atoms with Crippen LogP contribution < -0.4 is 11.1 Å². The summed E-state index contributed by atoms with van der Waals surface area (Å²) in [6.45, 7) is -0.472. The number of aliphatic hydroxyl groups excluding tert-OH is 1. The maximum absolute atomic E-state index is 11.7. The van der Waals surface area contributed by atoms with Crippen molar-refractivity contribution in [2.24, 2.45) is 5.73 Å². The Morgan fingerprint density at radius 2 is 2.30 bits per heavy atom. The van der Waals surface area contributed by atoms with Gasteiger partial charge in [-0.3, -0.25) is 9.42 Å². The van der Waals surface area contributed by atoms with Gasteiger partial charge in [0.2, 0.25) is 0 Å². The molecule has 0 aromatic rings. The first kappa shape index (κ1) is 15.4. The third-order valence-corrected chi connectivity index (χ3v) is 3.39. The summed E-state index contributed by atoms with van der Waals surface area (Å²) in [6.07, 6.45) is -0.183. The van der Waals surface area contributed by atoms with Gasteiger partial charge in [0.15, 0.2) is 0 Å². The molecule has 2 rings (SSSR count). The summed E-state index contributed by atoms with van der Waals surface area (Å²) in [5, 5.41) is 12.2. The van der Waals surface area contributed by atoms with Crippen LogP contribution >= 0.6 is 7.82 Å². The highest BCUT2D eigenvalue weighted by atomic mass is 31.2. The van der Waals surface area contributed by atoms with Crippen molar-refractivity contribution in [1.82, 2.24) is 10.2 Å². The molecule has 4 atom stereocenters. The number of nitrogens with two attached hydrogens (primary N) is 1. The number of hydrogen-bond donors (Lipinski definition) is 5. The number of urea groups is 1. The molecule has 1 fully saturated rings. The number of carbonyl (C=O) groups excluding carboxylic acids is 1. The van der Waals surface area contributed by atoms with Gasteiger partial charge in [0.25, 0.3) is 0 Å². The smallest absolute Gasteiger partial charge is 0.390 e. The Bertz CT molecular complexity index is 453. The Kier molecular flexibility index (Phi) is 4.45. The molecule has 2 aliphatic heterocycles. The molecule has 6 N–H and O–H groups in total. The van der Waals surface area contributed by atoms with Gasteiger partial charge in [-0.1, -0.05) is 0 Å². The van der Waals surface area contributed by atoms with E-state index in [-0.39, 0.29) is 6.42 Å². The Labute approximate surface area is 114 Å². The van der Waals surface area contributed by atoms with Crippen LogP contribution in [0.25, 0.3) is 0 Å². The molecule has 1 saturated heterocycles. The third kappa shape index (κ3) is 3.76. The number of phosphoric acid groups is 1. The van der Waals surface area contributed by atoms with Crippen LogP contribution in [0.5, 0.6) is 0 Å². The molecule has 114 valence electrons. The van der Waals surface area contributed by atoms with E-state index < -0.39 is 45.1 Å². The lowest BCUT2D eigenvalue weighted by Gasteiger charge is -2.30. The fourth-order valence-corrected chi connectivity index (χ4v) is 2.29. The lowest BCUT2D eigenvalue weighted by atomic mass is 10.2. The van der Waals surface area contributed by atoms with Crippen LogP contribution in [-0.4, -0.2) is 57.0 Å². The Morgan fingerprint density at radius 3 is 2.90 bits per heavy atom. The molecular formula is C9H16N3O7P. The number of hydrogen-bond acceptors (Lipinski definition) is 6. The lowest BCUT2D eigenvalue weighted by molar-refractivity contribution is -0.0533. The van der Waals surface area contributed by atoms with E-state index in [1.165, 1.54) is 17.2 Å². The van der Waals surface area contributed by atoms with E-state index in [4.69, 9.17) is 20.3 Å². The number of rotatable bonds is 4. The molecule has 1 unspecified atom stereocenters. The highest BCUT2D eigenvalue weighted by Gasteiger charge is 2.40. The van der Waals surface area contributed by atoms with Gasteiger partial charge in [-0.25, -0.2) is 9.36 Å². The standard InChI is InChI=1S/C9H16N3O7P/c10-7-1-2-12(9(14)11-7)8-3-5(13)6(19-8)4-18-20(15,16)17/h1-2,5-8,13H,3-4,10H2,(H,11,14)(H2,15,16,17)/t5-,6+,7?,8+/m0/s1. The first-order chi connectivity index (χ1) is 9.26. The second-order valence-electron chi connectivity index (χ2n) is 4.44. The fourth-order valence-electron chi connectivity index (χ4n) is 1.95. The Hall–Kier alpha value is -1.00. The highest BCUT2D eigenvalue weighted by molar-refractivity contribution is 7.46. The van der Waals surface area contributed by atoms with Crippen LogP contribution in [0, 0.1) is 0 Å². The van der Waals surface area contributed by atoms with E-state index >= 15 is 0 Å². The van der Waals surface area contributed by atoms with E-state index in [0.29, 0.717) is 0 Å². The summed E-state index contributed by atoms with van der Waals surface area (Å²) in [7, 11) is -4.63. The zero-order valence-electron chi connectivity index (χ0n) is 10.3. The molecule has 2 aliphatic rings. The van der Waals surface area contributed by atoms with Gasteiger partial charge in [0.05, 0.1) is 18.9 Å². The summed E-state index contributed by atoms with van der Waals surface area (Å²) in [6, 6.07) is -0.478. The number of carbonyl (C=O) groups is 1. The van der Waals surface area contributed by atoms with Crippen LogP contribution in [-0.2, 0) is 13.8 Å². The molecule has 0 aliphatic carbocycles. The quantitative estimate of drug-likeness (QED) is 0.389. The van der Waals surface area contributed by atoms with Crippen molar-refractivity contribution in [3.63, 3.8) is 0 Å². The van der Waals surface area contributed by atoms with Gasteiger partial charge < -0.3 is 30.7 Å². The zero-order chi connectivity index (χ0) is 14.9. The molecule has 0 aromatic heterocycles. The maximum Gasteiger partial charge on any atom is 0.469 e. The number of aliphatic hydroxyl groups is 1. The van der Waals surface area contributed by atoms with Crippen LogP contribution in [0.2, 0.25) is 0 Å². The largest absolute Gasteiger partial charge is 0.469 e. The minimum absolute atomic E-state index is 0.0994. The molecule has 0 saturated carbocycles. The fraction of sp³-hybridized carbons (Fsp3) is 0.667. The Morgan fingerprint density at radius 1 is 1.60 bits per heavy atom. The van der Waals surface area contributed by atoms with Crippen molar-refractivity contribution in [2.75, 3.05) is 6.61 Å². The summed E-state index contributed by atoms with van der Waals surface area (Å²) in [5.41, 5.74) is 5.49. The maximum atomic E-state index is 11.7. The van der Waals surface area contributed by atoms with Gasteiger partial charge in [0, 0.05) is 12.6 Å². The van der Waals surface area contributed by atoms with Crippen LogP contribution in [0.15, 0.2) is 12.3 Å². The predicted octanol–water partition coefficient (Wildman–Crippen LogP) is -1.60. The molecule has 0 bridgehead atoms. The normalized spacial score (nSPS) is 34.4. The highest BCUT2D eigenvalue weighted by Crippen LogP contribution is 2.37. The number of nitrogens with one attached hydrogen (secondary N) is 1. The number of ether oxygens (including phenoxy) is 1. The molecule has 0 aromatic carbocycles. The van der Waals surface area contributed by atoms with Crippen molar-refractivity contribution in [3.05, 3.63) is 12.3 Å². The SMILES string of the molecule is NC1C=CN([C@H]2C[C@H](O)[C@@H](COP(=O)(O)O)O2)C(=O)N1. The van der Waals surface area contributed by atoms with Gasteiger partial charge in [-0.2, -0.15) is 0 Å². The number of phosphoric ester groups is 1. The van der Waals surface area contributed by atoms with Crippen molar-refractivity contribution < 1.29 is 33.5 Å². The molecule has 0 radical (unpaired) electrons. The van der Waals surface area contributed by atoms with E-state index in [1.807, 2.05) is 0 Å². The van der Waals surface area contributed by atoms with Gasteiger partial charge in [-0.15, -0.1) is 0 Å². The van der Waals surface area contributed by atoms with E-state index in [9.17, 15) is 14.5 Å². The monoisotopic (exact) mass is 309 g/mol. The van der Waals surface area contributed by atoms with Crippen molar-refractivity contribution in [1.29, 1.82) is 0 Å². The molecule has 11 heteroatoms. The van der Waals surface area contributed by atoms with Crippen molar-refractivity contribution in [2.45, 2.75) is 31.0 Å². The lowest BCUT2D eigenvalue weighted by Crippen LogP contribution is -2.52. The average molecular weight is 309 g/mol. The average Bonchev–Trinajstić information content (AvgIpc) is 2.67. The summed E-state index contributed by atoms with van der Waals surface area (Å²) < 4.78 is 20.3. The van der Waals surface area contributed by atoms with E-state index in [0.717, 1.165) is 0 Å². The van der Waals surface area contributed by atoms with E-state index in [1.54, 1.807) is 0 Å². The second kappa shape index (κ2) is 5.78. The molecule has 0 spiro atoms. The molecule has 20 heavy (non-hydrogen) atoms.